The lowest BCUT2D eigenvalue weighted by atomic mass is 10.1. The fourth-order valence-electron chi connectivity index (χ4n) is 1.81. The van der Waals surface area contributed by atoms with Crippen LogP contribution in [0.3, 0.4) is 0 Å². The number of hydrogen-bond donors (Lipinski definition) is 1. The topological polar surface area (TPSA) is 77.5 Å². The Morgan fingerprint density at radius 1 is 1.36 bits per heavy atom. The van der Waals surface area contributed by atoms with Gasteiger partial charge >= 0.3 is 11.9 Å². The van der Waals surface area contributed by atoms with Crippen LogP contribution >= 0.6 is 0 Å². The van der Waals surface area contributed by atoms with Crippen LogP contribution < -0.4 is 5.76 Å². The van der Waals surface area contributed by atoms with Gasteiger partial charge in [0.15, 0.2) is 0 Å². The van der Waals surface area contributed by atoms with E-state index in [2.05, 4.69) is 5.10 Å². The lowest BCUT2D eigenvalue weighted by Gasteiger charge is -2.12. The number of nitrogens with zero attached hydrogens (tertiary/aromatic N) is 2. The first-order chi connectivity index (χ1) is 10.3. The van der Waals surface area contributed by atoms with Gasteiger partial charge in [-0.3, -0.25) is 0 Å². The van der Waals surface area contributed by atoms with Crippen LogP contribution in [0.1, 0.15) is 23.1 Å². The summed E-state index contributed by atoms with van der Waals surface area (Å²) in [7, 11) is 1.40. The molecule has 1 unspecified atom stereocenters. The molecule has 0 radical (unpaired) electrons. The summed E-state index contributed by atoms with van der Waals surface area (Å²) in [6, 6.07) is 4.02. The van der Waals surface area contributed by atoms with Crippen LogP contribution in [0, 0.1) is 0 Å². The van der Waals surface area contributed by atoms with Crippen molar-refractivity contribution in [2.75, 3.05) is 7.11 Å². The molecule has 0 amide bonds. The van der Waals surface area contributed by atoms with E-state index in [1.807, 2.05) is 0 Å². The van der Waals surface area contributed by atoms with Gasteiger partial charge in [-0.05, 0) is 17.7 Å². The van der Waals surface area contributed by atoms with E-state index in [-0.39, 0.29) is 24.6 Å². The lowest BCUT2D eigenvalue weighted by molar-refractivity contribution is -0.137. The first kappa shape index (κ1) is 16.2. The van der Waals surface area contributed by atoms with Crippen molar-refractivity contribution in [3.63, 3.8) is 0 Å². The summed E-state index contributed by atoms with van der Waals surface area (Å²) < 4.78 is 47.8. The van der Waals surface area contributed by atoms with Gasteiger partial charge in [0.1, 0.15) is 6.61 Å². The van der Waals surface area contributed by atoms with E-state index in [1.165, 1.54) is 7.11 Å². The predicted molar refractivity (Wildman–Crippen MR) is 67.9 cm³/mol. The number of ether oxygens (including phenoxy) is 1. The van der Waals surface area contributed by atoms with Gasteiger partial charge in [0.2, 0.25) is 5.89 Å². The van der Waals surface area contributed by atoms with Crippen molar-refractivity contribution >= 4 is 0 Å². The first-order valence-electron chi connectivity index (χ1n) is 6.22. The number of aliphatic hydroxyl groups is 1. The molecule has 0 aliphatic heterocycles. The molecule has 120 valence electrons. The number of rotatable bonds is 5. The number of alkyl halides is 3. The smallest absolute Gasteiger partial charge is 0.390 e. The zero-order chi connectivity index (χ0) is 16.3. The maximum atomic E-state index is 12.5. The van der Waals surface area contributed by atoms with Gasteiger partial charge in [-0.1, -0.05) is 12.1 Å². The molecule has 9 heteroatoms. The molecule has 22 heavy (non-hydrogen) atoms. The predicted octanol–water partition coefficient (Wildman–Crippen LogP) is 1.74. The zero-order valence-electron chi connectivity index (χ0n) is 11.5. The number of aliphatic hydroxyl groups excluding tert-OH is 1. The highest BCUT2D eigenvalue weighted by molar-refractivity contribution is 5.25. The molecule has 2 rings (SSSR count). The van der Waals surface area contributed by atoms with Crippen LogP contribution in [0.25, 0.3) is 0 Å². The third-order valence-corrected chi connectivity index (χ3v) is 2.88. The van der Waals surface area contributed by atoms with Crippen molar-refractivity contribution in [2.45, 2.75) is 25.4 Å². The lowest BCUT2D eigenvalue weighted by Crippen LogP contribution is -2.20. The molecule has 2 aromatic rings. The van der Waals surface area contributed by atoms with Crippen LogP contribution in [0.2, 0.25) is 0 Å². The molecular formula is C13H13F3N2O4. The molecule has 0 saturated heterocycles. The van der Waals surface area contributed by atoms with Crippen molar-refractivity contribution in [3.05, 3.63) is 51.8 Å². The van der Waals surface area contributed by atoms with Crippen molar-refractivity contribution in [3.8, 4) is 0 Å². The van der Waals surface area contributed by atoms with Crippen LogP contribution in [0.5, 0.6) is 0 Å². The maximum Gasteiger partial charge on any atom is 0.437 e. The first-order valence-corrected chi connectivity index (χ1v) is 6.22. The van der Waals surface area contributed by atoms with Gasteiger partial charge in [-0.25, -0.2) is 4.79 Å². The third-order valence-electron chi connectivity index (χ3n) is 2.88. The highest BCUT2D eigenvalue weighted by Crippen LogP contribution is 2.30. The second-order valence-corrected chi connectivity index (χ2v) is 4.51. The van der Waals surface area contributed by atoms with Gasteiger partial charge in [0.05, 0.1) is 18.2 Å². The molecule has 0 aliphatic rings. The van der Waals surface area contributed by atoms with Crippen LogP contribution in [-0.2, 0) is 24.1 Å². The summed E-state index contributed by atoms with van der Waals surface area (Å²) in [4.78, 5) is 11.5. The molecule has 0 bridgehead atoms. The Kier molecular flexibility index (Phi) is 4.67. The second-order valence-electron chi connectivity index (χ2n) is 4.51. The number of aromatic nitrogens is 2. The average molecular weight is 318 g/mol. The number of halogens is 3. The summed E-state index contributed by atoms with van der Waals surface area (Å²) in [6.45, 7) is -0.240. The van der Waals surface area contributed by atoms with Crippen LogP contribution in [0.4, 0.5) is 13.2 Å². The Morgan fingerprint density at radius 3 is 2.55 bits per heavy atom. The van der Waals surface area contributed by atoms with E-state index in [4.69, 9.17) is 9.15 Å². The monoisotopic (exact) mass is 318 g/mol. The van der Waals surface area contributed by atoms with E-state index in [9.17, 15) is 23.1 Å². The SMILES string of the molecule is COCc1nn(CC(O)c2ccc(C(F)(F)F)cc2)c(=O)o1. The Hall–Kier alpha value is -2.13. The molecule has 1 heterocycles. The van der Waals surface area contributed by atoms with E-state index >= 15 is 0 Å². The van der Waals surface area contributed by atoms with Gasteiger partial charge in [-0.2, -0.15) is 17.9 Å². The fraction of sp³-hybridized carbons (Fsp3) is 0.385. The van der Waals surface area contributed by atoms with Gasteiger partial charge in [0.25, 0.3) is 0 Å². The summed E-state index contributed by atoms with van der Waals surface area (Å²) in [5, 5.41) is 13.8. The van der Waals surface area contributed by atoms with E-state index in [1.54, 1.807) is 0 Å². The largest absolute Gasteiger partial charge is 0.437 e. The molecule has 1 aromatic heterocycles. The molecular weight excluding hydrogens is 305 g/mol. The minimum atomic E-state index is -4.44. The minimum Gasteiger partial charge on any atom is -0.390 e. The molecule has 1 aromatic carbocycles. The molecule has 0 spiro atoms. The Bertz CT molecular complexity index is 676. The summed E-state index contributed by atoms with van der Waals surface area (Å²) in [6.07, 6.45) is -5.64. The highest BCUT2D eigenvalue weighted by atomic mass is 19.4. The Balaban J connectivity index is 2.12. The summed E-state index contributed by atoms with van der Waals surface area (Å²) in [5.41, 5.74) is -0.583. The average Bonchev–Trinajstić information content (AvgIpc) is 2.78. The standard InChI is InChI=1S/C13H13F3N2O4/c1-21-7-11-17-18(12(20)22-11)6-10(19)8-2-4-9(5-3-8)13(14,15)16/h2-5,10,19H,6-7H2,1H3. The van der Waals surface area contributed by atoms with Gasteiger partial charge in [-0.15, -0.1) is 5.10 Å². The Labute approximate surface area is 122 Å². The van der Waals surface area contributed by atoms with Gasteiger partial charge < -0.3 is 14.3 Å². The molecule has 1 atom stereocenters. The van der Waals surface area contributed by atoms with Crippen LogP contribution in [-0.4, -0.2) is 22.0 Å². The van der Waals surface area contributed by atoms with E-state index in [0.29, 0.717) is 0 Å². The molecule has 0 fully saturated rings. The minimum absolute atomic E-state index is 0.00137. The molecule has 6 nitrogen and oxygen atoms in total. The van der Waals surface area contributed by atoms with Gasteiger partial charge in [0, 0.05) is 7.11 Å². The van der Waals surface area contributed by atoms with Crippen molar-refractivity contribution in [1.82, 2.24) is 9.78 Å². The molecule has 1 N–H and O–H groups in total. The quantitative estimate of drug-likeness (QED) is 0.908. The third kappa shape index (κ3) is 3.74. The molecule has 0 saturated carbocycles. The second kappa shape index (κ2) is 6.32. The fourth-order valence-corrected chi connectivity index (χ4v) is 1.81. The molecule has 0 aliphatic carbocycles. The van der Waals surface area contributed by atoms with Crippen LogP contribution in [0.15, 0.2) is 33.5 Å². The van der Waals surface area contributed by atoms with Crippen molar-refractivity contribution in [2.24, 2.45) is 0 Å². The zero-order valence-corrected chi connectivity index (χ0v) is 11.5. The highest BCUT2D eigenvalue weighted by Gasteiger charge is 2.30. The van der Waals surface area contributed by atoms with E-state index in [0.717, 1.165) is 28.9 Å². The summed E-state index contributed by atoms with van der Waals surface area (Å²) >= 11 is 0. The number of benzene rings is 1. The van der Waals surface area contributed by atoms with E-state index < -0.39 is 23.6 Å². The Morgan fingerprint density at radius 2 is 2.00 bits per heavy atom. The maximum absolute atomic E-state index is 12.5. The number of hydrogen-bond acceptors (Lipinski definition) is 5. The van der Waals surface area contributed by atoms with Crippen molar-refractivity contribution in [1.29, 1.82) is 0 Å². The normalized spacial score (nSPS) is 13.3. The number of methoxy groups -OCH3 is 1. The summed E-state index contributed by atoms with van der Waals surface area (Å²) in [5.74, 6) is -0.731. The van der Waals surface area contributed by atoms with Crippen molar-refractivity contribution < 1.29 is 27.4 Å².